The lowest BCUT2D eigenvalue weighted by atomic mass is 10.0. The number of unbranched alkanes of at least 4 members (excludes halogenated alkanes) is 1. The number of amides is 1. The van der Waals surface area contributed by atoms with Crippen molar-refractivity contribution in [3.05, 3.63) is 47.3 Å². The normalized spacial score (nSPS) is 13.6. The topological polar surface area (TPSA) is 91.5 Å². The number of methoxy groups -OCH3 is 2. The van der Waals surface area contributed by atoms with Crippen LogP contribution in [0, 0.1) is 0 Å². The van der Waals surface area contributed by atoms with Gasteiger partial charge >= 0.3 is 0 Å². The first-order valence-electron chi connectivity index (χ1n) is 12.4. The van der Waals surface area contributed by atoms with Crippen LogP contribution in [-0.4, -0.2) is 61.2 Å². The molecule has 0 radical (unpaired) electrons. The number of carbonyl (C=O) groups is 1. The number of aromatic amines is 1. The van der Waals surface area contributed by atoms with E-state index in [1.165, 1.54) is 5.57 Å². The number of anilines is 2. The minimum atomic E-state index is 0.235. The van der Waals surface area contributed by atoms with E-state index in [0.29, 0.717) is 29.5 Å². The van der Waals surface area contributed by atoms with Crippen molar-refractivity contribution in [2.45, 2.75) is 32.6 Å². The van der Waals surface area contributed by atoms with Gasteiger partial charge in [-0.25, -0.2) is 4.98 Å². The molecule has 0 saturated carbocycles. The van der Waals surface area contributed by atoms with E-state index < -0.39 is 0 Å². The fraction of sp³-hybridized carbons (Fsp3) is 0.407. The van der Waals surface area contributed by atoms with Gasteiger partial charge in [0.05, 0.1) is 30.6 Å². The van der Waals surface area contributed by atoms with E-state index in [2.05, 4.69) is 39.7 Å². The van der Waals surface area contributed by atoms with Gasteiger partial charge < -0.3 is 30.0 Å². The molecule has 3 heterocycles. The lowest BCUT2D eigenvalue weighted by molar-refractivity contribution is -0.130. The molecule has 4 rings (SSSR count). The van der Waals surface area contributed by atoms with Gasteiger partial charge in [-0.1, -0.05) is 24.6 Å². The van der Waals surface area contributed by atoms with Crippen LogP contribution in [0.3, 0.4) is 0 Å². The first-order valence-corrected chi connectivity index (χ1v) is 12.8. The molecule has 2 aromatic heterocycles. The summed E-state index contributed by atoms with van der Waals surface area (Å²) in [5.41, 5.74) is 4.63. The summed E-state index contributed by atoms with van der Waals surface area (Å²) < 4.78 is 10.9. The van der Waals surface area contributed by atoms with E-state index >= 15 is 0 Å². The van der Waals surface area contributed by atoms with Crippen molar-refractivity contribution >= 4 is 45.5 Å². The Balaban J connectivity index is 1.47. The van der Waals surface area contributed by atoms with Crippen LogP contribution in [0.1, 0.15) is 38.3 Å². The molecule has 192 valence electrons. The molecular formula is C27H34ClN5O3. The number of rotatable bonds is 11. The van der Waals surface area contributed by atoms with Crippen molar-refractivity contribution in [2.24, 2.45) is 0 Å². The lowest BCUT2D eigenvalue weighted by Gasteiger charge is -2.26. The molecule has 0 atom stereocenters. The van der Waals surface area contributed by atoms with E-state index in [1.807, 2.05) is 17.0 Å². The molecule has 9 heteroatoms. The molecule has 3 N–H and O–H groups in total. The summed E-state index contributed by atoms with van der Waals surface area (Å²) in [6, 6.07) is 7.57. The largest absolute Gasteiger partial charge is 0.495 e. The van der Waals surface area contributed by atoms with Crippen molar-refractivity contribution in [3.63, 3.8) is 0 Å². The number of fused-ring (bicyclic) bond motifs is 1. The highest BCUT2D eigenvalue weighted by atomic mass is 35.5. The van der Waals surface area contributed by atoms with Gasteiger partial charge in [0.25, 0.3) is 0 Å². The van der Waals surface area contributed by atoms with Crippen molar-refractivity contribution in [1.29, 1.82) is 0 Å². The van der Waals surface area contributed by atoms with E-state index in [1.54, 1.807) is 26.5 Å². The number of ether oxygens (including phenoxy) is 2. The number of nitrogens with zero attached hydrogens (tertiary/aromatic N) is 2. The van der Waals surface area contributed by atoms with Gasteiger partial charge in [-0.2, -0.15) is 0 Å². The third-order valence-electron chi connectivity index (χ3n) is 6.43. The Morgan fingerprint density at radius 2 is 2.00 bits per heavy atom. The number of nitrogens with one attached hydrogen (secondary N) is 3. The Kier molecular flexibility index (Phi) is 8.72. The molecule has 3 aromatic rings. The standard InChI is InChI=1S/C27H34ClN5O3/c1-4-29-11-6-5-7-26(34)33-13-9-18(10-14-33)22-15-19-21(8-12-30-27(19)32-22)31-23-17-24(35-2)20(28)16-25(23)36-3/h8-9,12,15-17,29H,4-7,10-11,13-14H2,1-3H3,(H2,30,31,32). The summed E-state index contributed by atoms with van der Waals surface area (Å²) >= 11 is 6.26. The lowest BCUT2D eigenvalue weighted by Crippen LogP contribution is -2.34. The molecule has 8 nitrogen and oxygen atoms in total. The zero-order chi connectivity index (χ0) is 25.5. The smallest absolute Gasteiger partial charge is 0.222 e. The van der Waals surface area contributed by atoms with Gasteiger partial charge in [-0.15, -0.1) is 0 Å². The summed E-state index contributed by atoms with van der Waals surface area (Å²) in [5.74, 6) is 1.41. The average molecular weight is 512 g/mol. The van der Waals surface area contributed by atoms with Gasteiger partial charge in [0.1, 0.15) is 17.1 Å². The van der Waals surface area contributed by atoms with Crippen LogP contribution in [0.25, 0.3) is 16.6 Å². The monoisotopic (exact) mass is 511 g/mol. The van der Waals surface area contributed by atoms with Gasteiger partial charge in [0, 0.05) is 48.9 Å². The molecule has 0 spiro atoms. The highest BCUT2D eigenvalue weighted by Crippen LogP contribution is 2.39. The summed E-state index contributed by atoms with van der Waals surface area (Å²) in [4.78, 5) is 22.5. The highest BCUT2D eigenvalue weighted by molar-refractivity contribution is 6.32. The van der Waals surface area contributed by atoms with Crippen molar-refractivity contribution in [3.8, 4) is 11.5 Å². The molecule has 0 aliphatic carbocycles. The Bertz CT molecular complexity index is 1240. The number of H-pyrrole nitrogens is 1. The maximum Gasteiger partial charge on any atom is 0.222 e. The fourth-order valence-corrected chi connectivity index (χ4v) is 4.64. The van der Waals surface area contributed by atoms with E-state index in [4.69, 9.17) is 21.1 Å². The molecule has 0 unspecified atom stereocenters. The van der Waals surface area contributed by atoms with Crippen LogP contribution in [-0.2, 0) is 4.79 Å². The predicted molar refractivity (Wildman–Crippen MR) is 146 cm³/mol. The van der Waals surface area contributed by atoms with Gasteiger partial charge in [0.2, 0.25) is 5.91 Å². The number of carbonyl (C=O) groups excluding carboxylic acids is 1. The summed E-state index contributed by atoms with van der Waals surface area (Å²) in [6.45, 7) is 5.40. The second-order valence-electron chi connectivity index (χ2n) is 8.75. The van der Waals surface area contributed by atoms with E-state index in [0.717, 1.165) is 67.0 Å². The molecular weight excluding hydrogens is 478 g/mol. The molecule has 1 aromatic carbocycles. The third kappa shape index (κ3) is 5.94. The quantitative estimate of drug-likeness (QED) is 0.300. The number of halogens is 1. The predicted octanol–water partition coefficient (Wildman–Crippen LogP) is 5.37. The minimum absolute atomic E-state index is 0.235. The Hall–Kier alpha value is -3.23. The minimum Gasteiger partial charge on any atom is -0.495 e. The highest BCUT2D eigenvalue weighted by Gasteiger charge is 2.19. The number of hydrogen-bond acceptors (Lipinski definition) is 6. The van der Waals surface area contributed by atoms with Crippen LogP contribution >= 0.6 is 11.6 Å². The van der Waals surface area contributed by atoms with Crippen LogP contribution < -0.4 is 20.1 Å². The van der Waals surface area contributed by atoms with Crippen molar-refractivity contribution in [1.82, 2.24) is 20.2 Å². The molecule has 36 heavy (non-hydrogen) atoms. The molecule has 0 saturated heterocycles. The van der Waals surface area contributed by atoms with Crippen molar-refractivity contribution < 1.29 is 14.3 Å². The summed E-state index contributed by atoms with van der Waals surface area (Å²) in [6.07, 6.45) is 7.27. The summed E-state index contributed by atoms with van der Waals surface area (Å²) in [7, 11) is 3.19. The molecule has 1 amide bonds. The zero-order valence-electron chi connectivity index (χ0n) is 21.1. The first kappa shape index (κ1) is 25.9. The van der Waals surface area contributed by atoms with E-state index in [9.17, 15) is 4.79 Å². The van der Waals surface area contributed by atoms with Gasteiger partial charge in [0.15, 0.2) is 0 Å². The molecule has 0 fully saturated rings. The number of hydrogen-bond donors (Lipinski definition) is 3. The maximum atomic E-state index is 12.6. The molecule has 1 aliphatic heterocycles. The number of benzene rings is 1. The van der Waals surface area contributed by atoms with Gasteiger partial charge in [-0.05, 0) is 50.1 Å². The third-order valence-corrected chi connectivity index (χ3v) is 6.72. The van der Waals surface area contributed by atoms with Crippen LogP contribution in [0.2, 0.25) is 5.02 Å². The molecule has 1 aliphatic rings. The van der Waals surface area contributed by atoms with Gasteiger partial charge in [-0.3, -0.25) is 4.79 Å². The molecule has 0 bridgehead atoms. The Morgan fingerprint density at radius 1 is 1.17 bits per heavy atom. The Morgan fingerprint density at radius 3 is 2.72 bits per heavy atom. The van der Waals surface area contributed by atoms with E-state index in [-0.39, 0.29) is 5.91 Å². The zero-order valence-corrected chi connectivity index (χ0v) is 21.9. The second kappa shape index (κ2) is 12.1. The first-order chi connectivity index (χ1) is 17.5. The second-order valence-corrected chi connectivity index (χ2v) is 9.15. The Labute approximate surface area is 217 Å². The van der Waals surface area contributed by atoms with Crippen LogP contribution in [0.15, 0.2) is 36.5 Å². The van der Waals surface area contributed by atoms with Crippen LogP contribution in [0.5, 0.6) is 11.5 Å². The fourth-order valence-electron chi connectivity index (χ4n) is 4.41. The average Bonchev–Trinajstić information content (AvgIpc) is 3.34. The van der Waals surface area contributed by atoms with Crippen molar-refractivity contribution in [2.75, 3.05) is 45.7 Å². The number of pyridine rings is 1. The number of aromatic nitrogens is 2. The maximum absolute atomic E-state index is 12.6. The SMILES string of the molecule is CCNCCCCC(=O)N1CC=C(c2cc3c(Nc4cc(OC)c(Cl)cc4OC)ccnc3[nH]2)CC1. The summed E-state index contributed by atoms with van der Waals surface area (Å²) in [5, 5.41) is 8.18. The van der Waals surface area contributed by atoms with Crippen LogP contribution in [0.4, 0.5) is 11.4 Å².